The lowest BCUT2D eigenvalue weighted by atomic mass is 10.2. The highest BCUT2D eigenvalue weighted by atomic mass is 19.4. The molecule has 5 N–H and O–H groups in total. The zero-order chi connectivity index (χ0) is 25.6. The van der Waals surface area contributed by atoms with Gasteiger partial charge in [0.05, 0.1) is 11.6 Å². The summed E-state index contributed by atoms with van der Waals surface area (Å²) in [5.74, 6) is -13.2. The van der Waals surface area contributed by atoms with E-state index in [0.717, 1.165) is 6.07 Å². The second kappa shape index (κ2) is 8.21. The molecule has 0 saturated carbocycles. The van der Waals surface area contributed by atoms with E-state index in [-0.39, 0.29) is 16.7 Å². The minimum atomic E-state index is -5.81. The van der Waals surface area contributed by atoms with Crippen molar-refractivity contribution in [1.82, 2.24) is 24.7 Å². The van der Waals surface area contributed by atoms with Crippen molar-refractivity contribution >= 4 is 34.3 Å². The first kappa shape index (κ1) is 24.8. The van der Waals surface area contributed by atoms with Gasteiger partial charge in [-0.3, -0.25) is 4.79 Å². The van der Waals surface area contributed by atoms with Crippen LogP contribution in [0.15, 0.2) is 12.3 Å². The number of carbonyl (C=O) groups excluding carboxylic acids is 1. The Labute approximate surface area is 184 Å². The molecule has 184 valence electrons. The van der Waals surface area contributed by atoms with Gasteiger partial charge in [0.2, 0.25) is 0 Å². The van der Waals surface area contributed by atoms with Crippen LogP contribution in [0.5, 0.6) is 0 Å². The molecule has 3 aromatic rings. The number of aryl methyl sites for hydroxylation is 1. The molecule has 9 nitrogen and oxygen atoms in total. The van der Waals surface area contributed by atoms with Crippen LogP contribution < -0.4 is 16.8 Å². The molecule has 0 aromatic carbocycles. The highest BCUT2D eigenvalue weighted by Gasteiger charge is 2.56. The fraction of sp³-hybridized carbons (Fsp3) is 0.353. The zero-order valence-corrected chi connectivity index (χ0v) is 16.9. The third kappa shape index (κ3) is 4.76. The van der Waals surface area contributed by atoms with Crippen molar-refractivity contribution in [3.63, 3.8) is 0 Å². The first-order chi connectivity index (χ1) is 15.5. The number of nitrogens with two attached hydrogens (primary N) is 2. The average Bonchev–Trinajstić information content (AvgIpc) is 3.05. The van der Waals surface area contributed by atoms with E-state index in [1.54, 1.807) is 5.32 Å². The van der Waals surface area contributed by atoms with Gasteiger partial charge in [-0.2, -0.15) is 35.8 Å². The largest absolute Gasteiger partial charge is 0.453 e. The molecule has 3 heterocycles. The lowest BCUT2D eigenvalue weighted by molar-refractivity contribution is -0.285. The van der Waals surface area contributed by atoms with E-state index in [1.165, 1.54) is 0 Å². The van der Waals surface area contributed by atoms with E-state index in [4.69, 9.17) is 11.5 Å². The summed E-state index contributed by atoms with van der Waals surface area (Å²) in [6.07, 6.45) is -6.83. The summed E-state index contributed by atoms with van der Waals surface area (Å²) < 4.78 is 105. The smallest absolute Gasteiger partial charge is 0.382 e. The molecular weight excluding hydrogens is 484 g/mol. The Morgan fingerprint density at radius 1 is 1.09 bits per heavy atom. The third-order valence-electron chi connectivity index (χ3n) is 4.42. The van der Waals surface area contributed by atoms with Crippen LogP contribution >= 0.6 is 0 Å². The number of rotatable bonds is 6. The molecule has 0 fully saturated rings. The van der Waals surface area contributed by atoms with E-state index in [9.17, 15) is 39.9 Å². The number of nitrogens with one attached hydrogen (secondary N) is 1. The number of aromatic nitrogens is 5. The van der Waals surface area contributed by atoms with Gasteiger partial charge in [-0.1, -0.05) is 0 Å². The normalized spacial score (nSPS) is 12.9. The molecule has 0 unspecified atom stereocenters. The summed E-state index contributed by atoms with van der Waals surface area (Å²) in [7, 11) is 0. The van der Waals surface area contributed by atoms with Crippen LogP contribution in [0.25, 0.3) is 22.6 Å². The number of amides is 1. The molecule has 0 radical (unpaired) electrons. The number of fused-ring (bicyclic) bond motifs is 1. The minimum Gasteiger partial charge on any atom is -0.382 e. The molecule has 3 rings (SSSR count). The summed E-state index contributed by atoms with van der Waals surface area (Å²) in [6, 6.07) is 0.839. The molecule has 0 saturated heterocycles. The Balaban J connectivity index is 2.05. The van der Waals surface area contributed by atoms with Crippen molar-refractivity contribution in [3.8, 4) is 11.5 Å². The standard InChI is InChI=1S/C17H14F8N8O/c1-15(19,20)14(34)29-9-10(26)30-12(31-11(9)27)8-7-4-6(18)5-28-13(7)33(32-8)3-2-16(21,22)17(23,24)25/h4-5H,2-3H2,1H3,(H,29,34)(H4,26,27,30,31). The first-order valence-corrected chi connectivity index (χ1v) is 9.10. The molecule has 3 aromatic heterocycles. The zero-order valence-electron chi connectivity index (χ0n) is 16.9. The van der Waals surface area contributed by atoms with Gasteiger partial charge in [0.25, 0.3) is 5.91 Å². The van der Waals surface area contributed by atoms with Crippen molar-refractivity contribution in [2.24, 2.45) is 0 Å². The van der Waals surface area contributed by atoms with Crippen LogP contribution in [0.3, 0.4) is 0 Å². The predicted octanol–water partition coefficient (Wildman–Crippen LogP) is 3.37. The molecule has 0 atom stereocenters. The number of halogens is 8. The topological polar surface area (TPSA) is 138 Å². The van der Waals surface area contributed by atoms with E-state index < -0.39 is 65.9 Å². The van der Waals surface area contributed by atoms with E-state index in [1.807, 2.05) is 0 Å². The maximum Gasteiger partial charge on any atom is 0.453 e. The lowest BCUT2D eigenvalue weighted by Gasteiger charge is -2.19. The fourth-order valence-electron chi connectivity index (χ4n) is 2.70. The van der Waals surface area contributed by atoms with Crippen LogP contribution in [-0.4, -0.2) is 48.7 Å². The molecule has 34 heavy (non-hydrogen) atoms. The number of hydrogen-bond donors (Lipinski definition) is 3. The summed E-state index contributed by atoms with van der Waals surface area (Å²) >= 11 is 0. The van der Waals surface area contributed by atoms with Crippen molar-refractivity contribution < 1.29 is 39.9 Å². The Morgan fingerprint density at radius 2 is 1.68 bits per heavy atom. The number of carbonyl (C=O) groups is 1. The number of anilines is 3. The van der Waals surface area contributed by atoms with Gasteiger partial charge < -0.3 is 16.8 Å². The van der Waals surface area contributed by atoms with Gasteiger partial charge in [0, 0.05) is 19.9 Å². The van der Waals surface area contributed by atoms with Gasteiger partial charge in [-0.15, -0.1) is 0 Å². The molecule has 0 bridgehead atoms. The van der Waals surface area contributed by atoms with E-state index in [2.05, 4.69) is 20.1 Å². The van der Waals surface area contributed by atoms with Crippen molar-refractivity contribution in [2.45, 2.75) is 37.9 Å². The van der Waals surface area contributed by atoms with E-state index in [0.29, 0.717) is 17.8 Å². The number of pyridine rings is 1. The molecule has 1 amide bonds. The molecule has 0 aliphatic carbocycles. The fourth-order valence-corrected chi connectivity index (χ4v) is 2.70. The number of alkyl halides is 7. The first-order valence-electron chi connectivity index (χ1n) is 9.10. The van der Waals surface area contributed by atoms with Crippen molar-refractivity contribution in [1.29, 1.82) is 0 Å². The van der Waals surface area contributed by atoms with Gasteiger partial charge >= 0.3 is 18.0 Å². The maximum atomic E-state index is 13.8. The molecule has 0 aliphatic rings. The Kier molecular flexibility index (Phi) is 6.00. The van der Waals surface area contributed by atoms with Crippen LogP contribution in [0.1, 0.15) is 13.3 Å². The molecular formula is C17H14F8N8O. The minimum absolute atomic E-state index is 0.189. The van der Waals surface area contributed by atoms with Gasteiger partial charge in [0.1, 0.15) is 17.2 Å². The highest BCUT2D eigenvalue weighted by Crippen LogP contribution is 2.39. The monoisotopic (exact) mass is 498 g/mol. The van der Waals surface area contributed by atoms with Crippen molar-refractivity contribution in [3.05, 3.63) is 18.1 Å². The number of hydrogen-bond acceptors (Lipinski definition) is 7. The third-order valence-corrected chi connectivity index (χ3v) is 4.42. The molecule has 0 aliphatic heterocycles. The summed E-state index contributed by atoms with van der Waals surface area (Å²) in [5, 5.41) is 5.40. The van der Waals surface area contributed by atoms with Crippen LogP contribution in [0.2, 0.25) is 0 Å². The van der Waals surface area contributed by atoms with Crippen LogP contribution in [0, 0.1) is 5.82 Å². The second-order valence-electron chi connectivity index (χ2n) is 7.08. The second-order valence-corrected chi connectivity index (χ2v) is 7.08. The van der Waals surface area contributed by atoms with Gasteiger partial charge in [-0.25, -0.2) is 24.0 Å². The van der Waals surface area contributed by atoms with Crippen LogP contribution in [-0.2, 0) is 11.3 Å². The Morgan fingerprint density at radius 3 is 2.21 bits per heavy atom. The average molecular weight is 498 g/mol. The quantitative estimate of drug-likeness (QED) is 0.443. The molecule has 0 spiro atoms. The molecule has 17 heteroatoms. The number of nitrogens with zero attached hydrogens (tertiary/aromatic N) is 5. The maximum absolute atomic E-state index is 13.8. The van der Waals surface area contributed by atoms with Gasteiger partial charge in [0.15, 0.2) is 23.1 Å². The Hall–Kier alpha value is -3.79. The summed E-state index contributed by atoms with van der Waals surface area (Å²) in [6.45, 7) is -0.668. The van der Waals surface area contributed by atoms with Crippen molar-refractivity contribution in [2.75, 3.05) is 16.8 Å². The van der Waals surface area contributed by atoms with Crippen LogP contribution in [0.4, 0.5) is 52.4 Å². The summed E-state index contributed by atoms with van der Waals surface area (Å²) in [5.41, 5.74) is 10.1. The van der Waals surface area contributed by atoms with Gasteiger partial charge in [-0.05, 0) is 6.07 Å². The summed E-state index contributed by atoms with van der Waals surface area (Å²) in [4.78, 5) is 22.7. The predicted molar refractivity (Wildman–Crippen MR) is 102 cm³/mol. The Bertz CT molecular complexity index is 1230. The lowest BCUT2D eigenvalue weighted by Crippen LogP contribution is -2.37. The highest BCUT2D eigenvalue weighted by molar-refractivity contribution is 6.00. The van der Waals surface area contributed by atoms with E-state index >= 15 is 0 Å². The number of nitrogen functional groups attached to an aromatic ring is 2. The SMILES string of the molecule is CC(F)(F)C(=O)Nc1c(N)nc(-c2nn(CCC(F)(F)C(F)(F)F)c3ncc(F)cc23)nc1N.